The fourth-order valence-corrected chi connectivity index (χ4v) is 2.96. The summed E-state index contributed by atoms with van der Waals surface area (Å²) >= 11 is 6.24. The van der Waals surface area contributed by atoms with E-state index in [2.05, 4.69) is 5.32 Å². The minimum absolute atomic E-state index is 0.0273. The van der Waals surface area contributed by atoms with Crippen LogP contribution in [0.15, 0.2) is 36.4 Å². The van der Waals surface area contributed by atoms with E-state index < -0.39 is 17.7 Å². The van der Waals surface area contributed by atoms with Gasteiger partial charge in [-0.15, -0.1) is 0 Å². The number of ether oxygens (including phenoxy) is 2. The molecule has 0 saturated heterocycles. The number of nitrogens with one attached hydrogen (secondary N) is 1. The van der Waals surface area contributed by atoms with Crippen molar-refractivity contribution < 1.29 is 23.5 Å². The molecule has 2 aromatic rings. The van der Waals surface area contributed by atoms with Gasteiger partial charge in [-0.05, 0) is 42.7 Å². The lowest BCUT2D eigenvalue weighted by Crippen LogP contribution is -2.37. The van der Waals surface area contributed by atoms with Crippen molar-refractivity contribution in [2.45, 2.75) is 19.8 Å². The Balaban J connectivity index is 2.08. The largest absolute Gasteiger partial charge is 0.493 e. The lowest BCUT2D eigenvalue weighted by atomic mass is 9.98. The summed E-state index contributed by atoms with van der Waals surface area (Å²) in [5, 5.41) is 2.93. The molecule has 0 saturated carbocycles. The summed E-state index contributed by atoms with van der Waals surface area (Å²) in [4.78, 5) is 24.3. The van der Waals surface area contributed by atoms with Crippen molar-refractivity contribution in [3.63, 3.8) is 0 Å². The molecule has 3 N–H and O–H groups in total. The van der Waals surface area contributed by atoms with Gasteiger partial charge in [-0.2, -0.15) is 0 Å². The van der Waals surface area contributed by atoms with E-state index in [4.69, 9.17) is 26.8 Å². The number of amides is 2. The Morgan fingerprint density at radius 3 is 2.52 bits per heavy atom. The van der Waals surface area contributed by atoms with Gasteiger partial charge in [0.05, 0.1) is 24.7 Å². The Morgan fingerprint density at radius 2 is 1.93 bits per heavy atom. The maximum atomic E-state index is 13.0. The molecule has 2 aromatic carbocycles. The zero-order chi connectivity index (χ0) is 21.4. The summed E-state index contributed by atoms with van der Waals surface area (Å²) in [5.41, 5.74) is 6.46. The number of benzene rings is 2. The van der Waals surface area contributed by atoms with Gasteiger partial charge in [0.1, 0.15) is 5.82 Å². The van der Waals surface area contributed by atoms with Crippen molar-refractivity contribution in [3.8, 4) is 11.5 Å². The molecule has 0 aliphatic heterocycles. The first-order valence-electron chi connectivity index (χ1n) is 9.18. The van der Waals surface area contributed by atoms with Gasteiger partial charge in [-0.3, -0.25) is 9.59 Å². The number of halogens is 2. The van der Waals surface area contributed by atoms with Gasteiger partial charge >= 0.3 is 0 Å². The number of carbonyl (C=O) groups is 2. The predicted molar refractivity (Wildman–Crippen MR) is 109 cm³/mol. The summed E-state index contributed by atoms with van der Waals surface area (Å²) in [6.07, 6.45) is 1.08. The van der Waals surface area contributed by atoms with E-state index in [0.29, 0.717) is 18.1 Å². The van der Waals surface area contributed by atoms with Gasteiger partial charge in [0.15, 0.2) is 11.5 Å². The van der Waals surface area contributed by atoms with Crippen molar-refractivity contribution in [2.75, 3.05) is 20.3 Å². The molecule has 0 aliphatic rings. The number of nitrogens with two attached hydrogens (primary N) is 1. The van der Waals surface area contributed by atoms with E-state index in [1.807, 2.05) is 6.92 Å². The molecule has 1 atom stereocenters. The van der Waals surface area contributed by atoms with E-state index in [-0.39, 0.29) is 29.4 Å². The number of methoxy groups -OCH3 is 1. The highest BCUT2D eigenvalue weighted by molar-refractivity contribution is 6.32. The summed E-state index contributed by atoms with van der Waals surface area (Å²) in [5.74, 6) is -1.29. The lowest BCUT2D eigenvalue weighted by Gasteiger charge is -2.16. The van der Waals surface area contributed by atoms with Gasteiger partial charge in [-0.25, -0.2) is 4.39 Å². The van der Waals surface area contributed by atoms with Crippen LogP contribution in [0.1, 0.15) is 29.3 Å². The van der Waals surface area contributed by atoms with Crippen molar-refractivity contribution in [1.82, 2.24) is 5.32 Å². The number of hydrogen-bond acceptors (Lipinski definition) is 4. The van der Waals surface area contributed by atoms with Crippen LogP contribution in [-0.4, -0.2) is 32.1 Å². The van der Waals surface area contributed by atoms with E-state index in [1.165, 1.54) is 31.4 Å². The molecule has 29 heavy (non-hydrogen) atoms. The number of hydrogen-bond donors (Lipinski definition) is 2. The second-order valence-electron chi connectivity index (χ2n) is 6.48. The summed E-state index contributed by atoms with van der Waals surface area (Å²) in [6, 6.07) is 8.76. The standard InChI is InChI=1S/C21H24ClFN2O4/c1-3-8-29-19-17(22)10-14(11-18(19)28-2)21(27)25-12-15(20(24)26)9-13-4-6-16(23)7-5-13/h4-7,10-11,15H,3,8-9,12H2,1-2H3,(H2,24,26)(H,25,27). The van der Waals surface area contributed by atoms with Crippen LogP contribution in [0.2, 0.25) is 5.02 Å². The monoisotopic (exact) mass is 422 g/mol. The van der Waals surface area contributed by atoms with Crippen molar-refractivity contribution in [2.24, 2.45) is 11.7 Å². The lowest BCUT2D eigenvalue weighted by molar-refractivity contribution is -0.121. The van der Waals surface area contributed by atoms with E-state index in [1.54, 1.807) is 12.1 Å². The number of rotatable bonds is 10. The number of carbonyl (C=O) groups excluding carboxylic acids is 2. The average molecular weight is 423 g/mol. The van der Waals surface area contributed by atoms with Crippen LogP contribution in [0.3, 0.4) is 0 Å². The highest BCUT2D eigenvalue weighted by atomic mass is 35.5. The molecule has 0 aromatic heterocycles. The Hall–Kier alpha value is -2.80. The third kappa shape index (κ3) is 6.35. The Labute approximate surface area is 174 Å². The van der Waals surface area contributed by atoms with Gasteiger partial charge in [0.25, 0.3) is 5.91 Å². The van der Waals surface area contributed by atoms with Crippen molar-refractivity contribution in [1.29, 1.82) is 0 Å². The molecule has 2 rings (SSSR count). The minimum Gasteiger partial charge on any atom is -0.493 e. The summed E-state index contributed by atoms with van der Waals surface area (Å²) in [6.45, 7) is 2.45. The van der Waals surface area contributed by atoms with Crippen LogP contribution < -0.4 is 20.5 Å². The van der Waals surface area contributed by atoms with Crippen LogP contribution in [-0.2, 0) is 11.2 Å². The molecule has 8 heteroatoms. The van der Waals surface area contributed by atoms with Gasteiger partial charge in [0.2, 0.25) is 5.91 Å². The molecule has 0 spiro atoms. The average Bonchev–Trinajstić information content (AvgIpc) is 2.70. The van der Waals surface area contributed by atoms with Crippen LogP contribution >= 0.6 is 11.6 Å². The molecular weight excluding hydrogens is 399 g/mol. The molecule has 2 amide bonds. The van der Waals surface area contributed by atoms with E-state index in [9.17, 15) is 14.0 Å². The van der Waals surface area contributed by atoms with Gasteiger partial charge in [0, 0.05) is 12.1 Å². The molecule has 0 aliphatic carbocycles. The summed E-state index contributed by atoms with van der Waals surface area (Å²) in [7, 11) is 1.46. The molecule has 6 nitrogen and oxygen atoms in total. The number of primary amides is 1. The minimum atomic E-state index is -0.645. The second kappa shape index (κ2) is 10.7. The smallest absolute Gasteiger partial charge is 0.251 e. The summed E-state index contributed by atoms with van der Waals surface area (Å²) < 4.78 is 23.9. The normalized spacial score (nSPS) is 11.6. The Bertz CT molecular complexity index is 859. The highest BCUT2D eigenvalue weighted by Gasteiger charge is 2.20. The highest BCUT2D eigenvalue weighted by Crippen LogP contribution is 2.36. The van der Waals surface area contributed by atoms with Crippen LogP contribution in [0.4, 0.5) is 4.39 Å². The zero-order valence-electron chi connectivity index (χ0n) is 16.3. The molecule has 0 radical (unpaired) electrons. The maximum Gasteiger partial charge on any atom is 0.251 e. The van der Waals surface area contributed by atoms with Crippen LogP contribution in [0.25, 0.3) is 0 Å². The quantitative estimate of drug-likeness (QED) is 0.614. The molecule has 0 bridgehead atoms. The van der Waals surface area contributed by atoms with Crippen LogP contribution in [0.5, 0.6) is 11.5 Å². The van der Waals surface area contributed by atoms with E-state index in [0.717, 1.165) is 12.0 Å². The molecule has 0 heterocycles. The fraction of sp³-hybridized carbons (Fsp3) is 0.333. The third-order valence-electron chi connectivity index (χ3n) is 4.25. The first-order valence-corrected chi connectivity index (χ1v) is 9.55. The van der Waals surface area contributed by atoms with Crippen molar-refractivity contribution in [3.05, 3.63) is 58.4 Å². The fourth-order valence-electron chi connectivity index (χ4n) is 2.69. The van der Waals surface area contributed by atoms with Crippen LogP contribution in [0, 0.1) is 11.7 Å². The van der Waals surface area contributed by atoms with Crippen molar-refractivity contribution >= 4 is 23.4 Å². The second-order valence-corrected chi connectivity index (χ2v) is 6.89. The topological polar surface area (TPSA) is 90.6 Å². The first kappa shape index (κ1) is 22.5. The predicted octanol–water partition coefficient (Wildman–Crippen LogP) is 3.35. The van der Waals surface area contributed by atoms with Gasteiger partial charge in [-0.1, -0.05) is 30.7 Å². The molecule has 156 valence electrons. The molecule has 0 fully saturated rings. The zero-order valence-corrected chi connectivity index (χ0v) is 17.1. The molecular formula is C21H24ClFN2O4. The Kier molecular flexibility index (Phi) is 8.27. The third-order valence-corrected chi connectivity index (χ3v) is 4.53. The molecule has 1 unspecified atom stereocenters. The first-order chi connectivity index (χ1) is 13.8. The van der Waals surface area contributed by atoms with E-state index >= 15 is 0 Å². The maximum absolute atomic E-state index is 13.0. The van der Waals surface area contributed by atoms with Gasteiger partial charge < -0.3 is 20.5 Å². The SMILES string of the molecule is CCCOc1c(Cl)cc(C(=O)NCC(Cc2ccc(F)cc2)C(N)=O)cc1OC. The Morgan fingerprint density at radius 1 is 1.24 bits per heavy atom.